The van der Waals surface area contributed by atoms with Crippen LogP contribution in [0, 0.1) is 5.92 Å². The maximum atomic E-state index is 12.4. The number of amides is 1. The number of benzene rings is 1. The molecular formula is C20H27NO. The van der Waals surface area contributed by atoms with Crippen molar-refractivity contribution in [2.75, 3.05) is 0 Å². The highest BCUT2D eigenvalue weighted by atomic mass is 16.1. The van der Waals surface area contributed by atoms with Crippen LogP contribution in [0.1, 0.15) is 45.2 Å². The zero-order chi connectivity index (χ0) is 16.4. The second-order valence-electron chi connectivity index (χ2n) is 5.44. The largest absolute Gasteiger partial charge is 0.345 e. The lowest BCUT2D eigenvalue weighted by molar-refractivity contribution is -0.125. The van der Waals surface area contributed by atoms with E-state index in [1.54, 1.807) is 6.08 Å². The standard InChI is InChI=1S/C20H27NO/c1-5-11-16(4)20(22)21-19(17(12-6-2)13-7-3)18-14-9-8-10-15-18/h6-10,12-16,19H,2,5,11H2,1,3-4H3,(H,21,22)/b13-7-,17-12+. The van der Waals surface area contributed by atoms with E-state index in [4.69, 9.17) is 0 Å². The molecule has 0 aliphatic rings. The third-order valence-electron chi connectivity index (χ3n) is 3.59. The average molecular weight is 297 g/mol. The fourth-order valence-corrected chi connectivity index (χ4v) is 2.43. The first-order chi connectivity index (χ1) is 10.6. The Hall–Kier alpha value is -2.09. The van der Waals surface area contributed by atoms with Gasteiger partial charge in [-0.05, 0) is 24.5 Å². The van der Waals surface area contributed by atoms with Crippen LogP contribution in [0.2, 0.25) is 0 Å². The Bertz CT molecular complexity index is 528. The van der Waals surface area contributed by atoms with Gasteiger partial charge in [-0.3, -0.25) is 4.79 Å². The van der Waals surface area contributed by atoms with Gasteiger partial charge in [0, 0.05) is 5.92 Å². The number of nitrogens with one attached hydrogen (secondary N) is 1. The van der Waals surface area contributed by atoms with Gasteiger partial charge in [-0.25, -0.2) is 0 Å². The Morgan fingerprint density at radius 3 is 2.55 bits per heavy atom. The van der Waals surface area contributed by atoms with E-state index in [0.717, 1.165) is 24.0 Å². The zero-order valence-corrected chi connectivity index (χ0v) is 13.9. The predicted octanol–water partition coefficient (Wildman–Crippen LogP) is 4.97. The van der Waals surface area contributed by atoms with Gasteiger partial charge in [-0.2, -0.15) is 0 Å². The van der Waals surface area contributed by atoms with E-state index < -0.39 is 0 Å². The van der Waals surface area contributed by atoms with Gasteiger partial charge < -0.3 is 5.32 Å². The fraction of sp³-hybridized carbons (Fsp3) is 0.350. The quantitative estimate of drug-likeness (QED) is 0.674. The molecule has 0 saturated carbocycles. The SMILES string of the molecule is C=C/C=C(\C=C/C)C(NC(=O)C(C)CCC)c1ccccc1. The van der Waals surface area contributed by atoms with E-state index in [9.17, 15) is 4.79 Å². The summed E-state index contributed by atoms with van der Waals surface area (Å²) in [5.74, 6) is 0.113. The van der Waals surface area contributed by atoms with E-state index in [2.05, 4.69) is 18.8 Å². The summed E-state index contributed by atoms with van der Waals surface area (Å²) in [5, 5.41) is 3.18. The summed E-state index contributed by atoms with van der Waals surface area (Å²) >= 11 is 0. The van der Waals surface area contributed by atoms with Crippen molar-refractivity contribution < 1.29 is 4.79 Å². The molecule has 22 heavy (non-hydrogen) atoms. The van der Waals surface area contributed by atoms with Crippen molar-refractivity contribution in [2.45, 2.75) is 39.7 Å². The smallest absolute Gasteiger partial charge is 0.223 e. The first kappa shape index (κ1) is 18.0. The van der Waals surface area contributed by atoms with Crippen LogP contribution >= 0.6 is 0 Å². The molecule has 0 radical (unpaired) electrons. The summed E-state index contributed by atoms with van der Waals surface area (Å²) in [7, 11) is 0. The highest BCUT2D eigenvalue weighted by Gasteiger charge is 2.20. The second-order valence-corrected chi connectivity index (χ2v) is 5.44. The molecule has 0 spiro atoms. The van der Waals surface area contributed by atoms with Gasteiger partial charge >= 0.3 is 0 Å². The molecule has 1 N–H and O–H groups in total. The van der Waals surface area contributed by atoms with E-state index in [1.807, 2.05) is 62.4 Å². The number of carbonyl (C=O) groups is 1. The zero-order valence-electron chi connectivity index (χ0n) is 13.9. The van der Waals surface area contributed by atoms with Crippen LogP contribution in [-0.4, -0.2) is 5.91 Å². The summed E-state index contributed by atoms with van der Waals surface area (Å²) in [6.45, 7) is 9.83. The fourth-order valence-electron chi connectivity index (χ4n) is 2.43. The molecule has 1 aromatic carbocycles. The van der Waals surface area contributed by atoms with E-state index >= 15 is 0 Å². The van der Waals surface area contributed by atoms with Gasteiger partial charge in [-0.1, -0.05) is 81.5 Å². The Morgan fingerprint density at radius 2 is 2.00 bits per heavy atom. The van der Waals surface area contributed by atoms with Crippen LogP contribution in [0.15, 0.2) is 66.8 Å². The van der Waals surface area contributed by atoms with Crippen molar-refractivity contribution in [1.82, 2.24) is 5.32 Å². The minimum atomic E-state index is -0.151. The lowest BCUT2D eigenvalue weighted by Gasteiger charge is -2.23. The first-order valence-corrected chi connectivity index (χ1v) is 7.94. The normalized spacial score (nSPS) is 14.6. The summed E-state index contributed by atoms with van der Waals surface area (Å²) in [5.41, 5.74) is 2.10. The highest BCUT2D eigenvalue weighted by Crippen LogP contribution is 2.24. The summed E-state index contributed by atoms with van der Waals surface area (Å²) in [6, 6.07) is 9.89. The van der Waals surface area contributed by atoms with Gasteiger partial charge in [0.25, 0.3) is 0 Å². The van der Waals surface area contributed by atoms with Crippen molar-refractivity contribution in [2.24, 2.45) is 5.92 Å². The Balaban J connectivity index is 3.09. The molecule has 0 saturated heterocycles. The number of allylic oxidation sites excluding steroid dienone is 3. The number of rotatable bonds is 8. The number of hydrogen-bond donors (Lipinski definition) is 1. The van der Waals surface area contributed by atoms with Gasteiger partial charge in [-0.15, -0.1) is 0 Å². The van der Waals surface area contributed by atoms with Gasteiger partial charge in [0.05, 0.1) is 6.04 Å². The lowest BCUT2D eigenvalue weighted by atomic mass is 9.96. The minimum Gasteiger partial charge on any atom is -0.345 e. The average Bonchev–Trinajstić information content (AvgIpc) is 2.53. The summed E-state index contributed by atoms with van der Waals surface area (Å²) < 4.78 is 0. The molecule has 2 nitrogen and oxygen atoms in total. The van der Waals surface area contributed by atoms with Crippen LogP contribution in [0.5, 0.6) is 0 Å². The Morgan fingerprint density at radius 1 is 1.32 bits per heavy atom. The van der Waals surface area contributed by atoms with Crippen molar-refractivity contribution in [3.63, 3.8) is 0 Å². The first-order valence-electron chi connectivity index (χ1n) is 7.94. The van der Waals surface area contributed by atoms with Crippen LogP contribution in [0.25, 0.3) is 0 Å². The molecule has 1 aromatic rings. The van der Waals surface area contributed by atoms with Gasteiger partial charge in [0.2, 0.25) is 5.91 Å². The van der Waals surface area contributed by atoms with E-state index in [1.165, 1.54) is 0 Å². The molecule has 0 aliphatic heterocycles. The van der Waals surface area contributed by atoms with Gasteiger partial charge in [0.15, 0.2) is 0 Å². The number of hydrogen-bond acceptors (Lipinski definition) is 1. The molecule has 118 valence electrons. The van der Waals surface area contributed by atoms with Crippen LogP contribution in [0.3, 0.4) is 0 Å². The topological polar surface area (TPSA) is 29.1 Å². The predicted molar refractivity (Wildman–Crippen MR) is 94.5 cm³/mol. The molecule has 1 amide bonds. The molecule has 0 bridgehead atoms. The lowest BCUT2D eigenvalue weighted by Crippen LogP contribution is -2.33. The molecule has 2 heteroatoms. The Labute approximate surface area is 134 Å². The highest BCUT2D eigenvalue weighted by molar-refractivity contribution is 5.79. The molecule has 1 rings (SSSR count). The van der Waals surface area contributed by atoms with Crippen molar-refractivity contribution in [3.8, 4) is 0 Å². The molecule has 0 aromatic heterocycles. The van der Waals surface area contributed by atoms with E-state index in [-0.39, 0.29) is 17.9 Å². The summed E-state index contributed by atoms with van der Waals surface area (Å²) in [6.07, 6.45) is 9.61. The monoisotopic (exact) mass is 297 g/mol. The molecule has 2 atom stereocenters. The maximum Gasteiger partial charge on any atom is 0.223 e. The Kier molecular flexibility index (Phi) is 7.98. The van der Waals surface area contributed by atoms with Crippen molar-refractivity contribution in [1.29, 1.82) is 0 Å². The molecule has 0 heterocycles. The second kappa shape index (κ2) is 9.78. The maximum absolute atomic E-state index is 12.4. The van der Waals surface area contributed by atoms with E-state index in [0.29, 0.717) is 0 Å². The van der Waals surface area contributed by atoms with Gasteiger partial charge in [0.1, 0.15) is 0 Å². The molecule has 0 fully saturated rings. The summed E-state index contributed by atoms with van der Waals surface area (Å²) in [4.78, 5) is 12.4. The number of carbonyl (C=O) groups excluding carboxylic acids is 1. The van der Waals surface area contributed by atoms with Crippen LogP contribution in [-0.2, 0) is 4.79 Å². The molecular weight excluding hydrogens is 270 g/mol. The van der Waals surface area contributed by atoms with Crippen molar-refractivity contribution >= 4 is 5.91 Å². The van der Waals surface area contributed by atoms with Crippen molar-refractivity contribution in [3.05, 3.63) is 72.4 Å². The molecule has 0 aliphatic carbocycles. The van der Waals surface area contributed by atoms with Crippen LogP contribution in [0.4, 0.5) is 0 Å². The third kappa shape index (κ3) is 5.36. The molecule has 2 unspecified atom stereocenters. The third-order valence-corrected chi connectivity index (χ3v) is 3.59. The van der Waals surface area contributed by atoms with Crippen LogP contribution < -0.4 is 5.32 Å². The minimum absolute atomic E-state index is 0.0202.